The van der Waals surface area contributed by atoms with Crippen LogP contribution in [0.25, 0.3) is 11.0 Å². The highest BCUT2D eigenvalue weighted by Crippen LogP contribution is 2.24. The quantitative estimate of drug-likeness (QED) is 0.861. The fourth-order valence-electron chi connectivity index (χ4n) is 2.72. The van der Waals surface area contributed by atoms with Crippen molar-refractivity contribution in [2.45, 2.75) is 32.5 Å². The molecule has 6 nitrogen and oxygen atoms in total. The Kier molecular flexibility index (Phi) is 4.09. The molecule has 1 aliphatic heterocycles. The highest BCUT2D eigenvalue weighted by Gasteiger charge is 2.32. The maximum atomic E-state index is 12.1. The summed E-state index contributed by atoms with van der Waals surface area (Å²) in [5.41, 5.74) is 0.970. The van der Waals surface area contributed by atoms with E-state index >= 15 is 0 Å². The van der Waals surface area contributed by atoms with E-state index < -0.39 is 17.8 Å². The summed E-state index contributed by atoms with van der Waals surface area (Å²) in [5.74, 6) is 0.301. The molecule has 2 aromatic rings. The third-order valence-electron chi connectivity index (χ3n) is 4.02. The van der Waals surface area contributed by atoms with Crippen LogP contribution >= 0.6 is 0 Å². The van der Waals surface area contributed by atoms with Crippen LogP contribution in [-0.2, 0) is 11.2 Å². The Hall–Kier alpha value is -2.34. The molecule has 0 spiro atoms. The number of benzene rings is 1. The van der Waals surface area contributed by atoms with Crippen molar-refractivity contribution in [1.29, 1.82) is 0 Å². The zero-order valence-corrected chi connectivity index (χ0v) is 13.1. The van der Waals surface area contributed by atoms with Gasteiger partial charge in [-0.15, -0.1) is 0 Å². The van der Waals surface area contributed by atoms with Crippen LogP contribution in [0, 0.1) is 0 Å². The molecule has 1 amide bonds. The first-order valence-electron chi connectivity index (χ1n) is 7.68. The molecule has 2 heterocycles. The van der Waals surface area contributed by atoms with Gasteiger partial charge in [0.15, 0.2) is 6.10 Å². The summed E-state index contributed by atoms with van der Waals surface area (Å²) in [7, 11) is 0. The topological polar surface area (TPSA) is 80.0 Å². The standard InChI is InChI=1S/C17H19NO5/c1-3-11-6-16(20)23-15-7-13(4-5-14(11)15)22-10(2)17(21)18-8-12(19)9-18/h4-7,10,12,19H,3,8-9H2,1-2H3. The summed E-state index contributed by atoms with van der Waals surface area (Å²) in [6, 6.07) is 6.71. The fraction of sp³-hybridized carbons (Fsp3) is 0.412. The Morgan fingerprint density at radius 1 is 1.43 bits per heavy atom. The summed E-state index contributed by atoms with van der Waals surface area (Å²) < 4.78 is 10.9. The molecule has 23 heavy (non-hydrogen) atoms. The van der Waals surface area contributed by atoms with Crippen LogP contribution in [-0.4, -0.2) is 41.2 Å². The first kappa shape index (κ1) is 15.6. The second-order valence-corrected chi connectivity index (χ2v) is 5.76. The van der Waals surface area contributed by atoms with Crippen molar-refractivity contribution < 1.29 is 19.1 Å². The van der Waals surface area contributed by atoms with Gasteiger partial charge in [-0.1, -0.05) is 6.92 Å². The van der Waals surface area contributed by atoms with Gasteiger partial charge in [-0.2, -0.15) is 0 Å². The van der Waals surface area contributed by atoms with Crippen LogP contribution in [0.2, 0.25) is 0 Å². The van der Waals surface area contributed by atoms with Crippen molar-refractivity contribution in [3.63, 3.8) is 0 Å². The summed E-state index contributed by atoms with van der Waals surface area (Å²) in [6.07, 6.45) is -0.372. The van der Waals surface area contributed by atoms with Gasteiger partial charge in [0.2, 0.25) is 0 Å². The van der Waals surface area contributed by atoms with Crippen molar-refractivity contribution in [2.24, 2.45) is 0 Å². The molecule has 0 saturated carbocycles. The van der Waals surface area contributed by atoms with Gasteiger partial charge in [0.05, 0.1) is 6.10 Å². The van der Waals surface area contributed by atoms with Crippen LogP contribution in [0.4, 0.5) is 0 Å². The minimum atomic E-state index is -0.666. The van der Waals surface area contributed by atoms with Gasteiger partial charge in [0, 0.05) is 30.6 Å². The van der Waals surface area contributed by atoms with Crippen molar-refractivity contribution in [1.82, 2.24) is 4.90 Å². The molecule has 3 rings (SSSR count). The van der Waals surface area contributed by atoms with Gasteiger partial charge in [0.25, 0.3) is 5.91 Å². The number of carbonyl (C=O) groups is 1. The maximum absolute atomic E-state index is 12.1. The lowest BCUT2D eigenvalue weighted by atomic mass is 10.1. The number of aryl methyl sites for hydroxylation is 1. The number of rotatable bonds is 4. The molecule has 1 aromatic heterocycles. The minimum absolute atomic E-state index is 0.167. The van der Waals surface area contributed by atoms with E-state index in [-0.39, 0.29) is 5.91 Å². The normalized spacial score (nSPS) is 16.2. The molecular weight excluding hydrogens is 298 g/mol. The van der Waals surface area contributed by atoms with E-state index in [2.05, 4.69) is 0 Å². The molecule has 0 aliphatic carbocycles. The van der Waals surface area contributed by atoms with E-state index in [9.17, 15) is 14.7 Å². The number of aliphatic hydroxyl groups is 1. The third kappa shape index (κ3) is 3.07. The number of fused-ring (bicyclic) bond motifs is 1. The second-order valence-electron chi connectivity index (χ2n) is 5.76. The maximum Gasteiger partial charge on any atom is 0.336 e. The van der Waals surface area contributed by atoms with Gasteiger partial charge in [-0.3, -0.25) is 4.79 Å². The number of hydrogen-bond acceptors (Lipinski definition) is 5. The van der Waals surface area contributed by atoms with Crippen molar-refractivity contribution in [3.8, 4) is 5.75 Å². The zero-order chi connectivity index (χ0) is 16.6. The Morgan fingerprint density at radius 3 is 2.83 bits per heavy atom. The average Bonchev–Trinajstić information content (AvgIpc) is 2.49. The lowest BCUT2D eigenvalue weighted by molar-refractivity contribution is -0.148. The van der Waals surface area contributed by atoms with E-state index in [1.165, 1.54) is 6.07 Å². The Morgan fingerprint density at radius 2 is 2.17 bits per heavy atom. The second kappa shape index (κ2) is 6.04. The van der Waals surface area contributed by atoms with E-state index in [1.54, 1.807) is 24.0 Å². The van der Waals surface area contributed by atoms with Crippen molar-refractivity contribution >= 4 is 16.9 Å². The van der Waals surface area contributed by atoms with Gasteiger partial charge < -0.3 is 19.2 Å². The molecule has 1 unspecified atom stereocenters. The molecule has 1 atom stereocenters. The summed E-state index contributed by atoms with van der Waals surface area (Å²) in [4.78, 5) is 25.2. The monoisotopic (exact) mass is 317 g/mol. The molecule has 1 aliphatic rings. The number of aliphatic hydroxyl groups excluding tert-OH is 1. The summed E-state index contributed by atoms with van der Waals surface area (Å²) in [6.45, 7) is 4.33. The summed E-state index contributed by atoms with van der Waals surface area (Å²) in [5, 5.41) is 10.1. The Labute approximate surface area is 133 Å². The smallest absolute Gasteiger partial charge is 0.336 e. The average molecular weight is 317 g/mol. The zero-order valence-electron chi connectivity index (χ0n) is 13.1. The lowest BCUT2D eigenvalue weighted by Gasteiger charge is -2.37. The van der Waals surface area contributed by atoms with E-state index in [1.807, 2.05) is 13.0 Å². The number of hydrogen-bond donors (Lipinski definition) is 1. The number of amides is 1. The van der Waals surface area contributed by atoms with Crippen LogP contribution in [0.15, 0.2) is 33.5 Å². The number of nitrogens with zero attached hydrogens (tertiary/aromatic N) is 1. The largest absolute Gasteiger partial charge is 0.481 e. The van der Waals surface area contributed by atoms with Crippen LogP contribution in [0.1, 0.15) is 19.4 Å². The van der Waals surface area contributed by atoms with Gasteiger partial charge in [-0.25, -0.2) is 4.79 Å². The lowest BCUT2D eigenvalue weighted by Crippen LogP contribution is -2.56. The number of likely N-dealkylation sites (tertiary alicyclic amines) is 1. The fourth-order valence-corrected chi connectivity index (χ4v) is 2.72. The van der Waals surface area contributed by atoms with Gasteiger partial charge in [-0.05, 0) is 31.0 Å². The van der Waals surface area contributed by atoms with Crippen molar-refractivity contribution in [2.75, 3.05) is 13.1 Å². The molecule has 1 saturated heterocycles. The molecule has 0 radical (unpaired) electrons. The Bertz CT molecular complexity index is 791. The molecule has 122 valence electrons. The SMILES string of the molecule is CCc1cc(=O)oc2cc(OC(C)C(=O)N3CC(O)C3)ccc12. The first-order chi connectivity index (χ1) is 11.0. The Balaban J connectivity index is 1.80. The molecule has 1 fully saturated rings. The molecular formula is C17H19NO5. The van der Waals surface area contributed by atoms with Gasteiger partial charge in [0.1, 0.15) is 11.3 Å². The molecule has 1 N–H and O–H groups in total. The van der Waals surface area contributed by atoms with E-state index in [0.29, 0.717) is 24.4 Å². The predicted molar refractivity (Wildman–Crippen MR) is 84.5 cm³/mol. The van der Waals surface area contributed by atoms with Crippen molar-refractivity contribution in [3.05, 3.63) is 40.2 Å². The third-order valence-corrected chi connectivity index (χ3v) is 4.02. The molecule has 1 aromatic carbocycles. The van der Waals surface area contributed by atoms with Gasteiger partial charge >= 0.3 is 5.63 Å². The van der Waals surface area contributed by atoms with Crippen LogP contribution in [0.5, 0.6) is 5.75 Å². The number of ether oxygens (including phenoxy) is 1. The summed E-state index contributed by atoms with van der Waals surface area (Å²) >= 11 is 0. The number of carbonyl (C=O) groups excluding carboxylic acids is 1. The van der Waals surface area contributed by atoms with Crippen LogP contribution < -0.4 is 10.4 Å². The van der Waals surface area contributed by atoms with E-state index in [4.69, 9.17) is 9.15 Å². The number of β-amino-alcohol motifs (C(OH)–C–C–N with tert-alkyl or cyclic N) is 1. The van der Waals surface area contributed by atoms with Crippen LogP contribution in [0.3, 0.4) is 0 Å². The molecule has 6 heteroatoms. The molecule has 0 bridgehead atoms. The highest BCUT2D eigenvalue weighted by atomic mass is 16.5. The highest BCUT2D eigenvalue weighted by molar-refractivity contribution is 5.83. The predicted octanol–water partition coefficient (Wildman–Crippen LogP) is 1.33. The van der Waals surface area contributed by atoms with E-state index in [0.717, 1.165) is 17.4 Å². The minimum Gasteiger partial charge on any atom is -0.481 e. The first-order valence-corrected chi connectivity index (χ1v) is 7.68.